The van der Waals surface area contributed by atoms with Gasteiger partial charge in [0.15, 0.2) is 0 Å². The lowest BCUT2D eigenvalue weighted by molar-refractivity contribution is 0.138. The molecule has 0 aromatic carbocycles. The summed E-state index contributed by atoms with van der Waals surface area (Å²) in [6, 6.07) is 2.29. The third-order valence-corrected chi connectivity index (χ3v) is 2.94. The SMILES string of the molecule is CC(C)CC(CN(C)C)NCC(O)Cn1cccn1. The van der Waals surface area contributed by atoms with Crippen molar-refractivity contribution in [3.63, 3.8) is 0 Å². The minimum Gasteiger partial charge on any atom is -0.390 e. The van der Waals surface area contributed by atoms with Gasteiger partial charge in [-0.25, -0.2) is 0 Å². The Kier molecular flexibility index (Phi) is 7.05. The maximum Gasteiger partial charge on any atom is 0.0860 e. The van der Waals surface area contributed by atoms with Gasteiger partial charge in [0.1, 0.15) is 0 Å². The Bertz CT molecular complexity index is 314. The summed E-state index contributed by atoms with van der Waals surface area (Å²) in [4.78, 5) is 2.18. The van der Waals surface area contributed by atoms with Gasteiger partial charge in [0.2, 0.25) is 0 Å². The van der Waals surface area contributed by atoms with Crippen molar-refractivity contribution >= 4 is 0 Å². The lowest BCUT2D eigenvalue weighted by atomic mass is 10.0. The number of likely N-dealkylation sites (N-methyl/N-ethyl adjacent to an activating group) is 1. The molecular formula is C14H28N4O. The molecule has 0 saturated heterocycles. The van der Waals surface area contributed by atoms with Gasteiger partial charge in [-0.1, -0.05) is 13.8 Å². The van der Waals surface area contributed by atoms with Crippen LogP contribution >= 0.6 is 0 Å². The molecule has 0 aliphatic carbocycles. The molecule has 19 heavy (non-hydrogen) atoms. The Labute approximate surface area is 116 Å². The van der Waals surface area contributed by atoms with Crippen LogP contribution in [0.25, 0.3) is 0 Å². The van der Waals surface area contributed by atoms with Gasteiger partial charge in [-0.15, -0.1) is 0 Å². The average molecular weight is 268 g/mol. The highest BCUT2D eigenvalue weighted by atomic mass is 16.3. The third kappa shape index (κ3) is 7.30. The van der Waals surface area contributed by atoms with E-state index in [9.17, 15) is 5.11 Å². The van der Waals surface area contributed by atoms with E-state index >= 15 is 0 Å². The average Bonchev–Trinajstić information content (AvgIpc) is 2.77. The van der Waals surface area contributed by atoms with Gasteiger partial charge in [0, 0.05) is 31.5 Å². The van der Waals surface area contributed by atoms with E-state index in [1.54, 1.807) is 10.9 Å². The zero-order valence-corrected chi connectivity index (χ0v) is 12.6. The minimum absolute atomic E-state index is 0.406. The van der Waals surface area contributed by atoms with Crippen LogP contribution in [0.3, 0.4) is 0 Å². The van der Waals surface area contributed by atoms with E-state index in [2.05, 4.69) is 43.3 Å². The quantitative estimate of drug-likeness (QED) is 0.696. The predicted octanol–water partition coefficient (Wildman–Crippen LogP) is 0.810. The van der Waals surface area contributed by atoms with Crippen molar-refractivity contribution in [2.24, 2.45) is 5.92 Å². The van der Waals surface area contributed by atoms with Crippen LogP contribution in [-0.4, -0.2) is 59.1 Å². The second-order valence-corrected chi connectivity index (χ2v) is 5.88. The van der Waals surface area contributed by atoms with Crippen molar-refractivity contribution in [3.05, 3.63) is 18.5 Å². The minimum atomic E-state index is -0.406. The van der Waals surface area contributed by atoms with Crippen LogP contribution in [0.15, 0.2) is 18.5 Å². The summed E-state index contributed by atoms with van der Waals surface area (Å²) >= 11 is 0. The summed E-state index contributed by atoms with van der Waals surface area (Å²) in [6.07, 6.45) is 4.31. The molecular weight excluding hydrogens is 240 g/mol. The van der Waals surface area contributed by atoms with E-state index in [1.165, 1.54) is 0 Å². The highest BCUT2D eigenvalue weighted by Crippen LogP contribution is 2.05. The summed E-state index contributed by atoms with van der Waals surface area (Å²) in [5, 5.41) is 17.6. The van der Waals surface area contributed by atoms with Gasteiger partial charge in [-0.05, 0) is 32.5 Å². The molecule has 0 amide bonds. The molecule has 0 aliphatic rings. The summed E-state index contributed by atoms with van der Waals surface area (Å²) in [7, 11) is 4.16. The molecule has 0 spiro atoms. The smallest absolute Gasteiger partial charge is 0.0860 e. The number of nitrogens with one attached hydrogen (secondary N) is 1. The van der Waals surface area contributed by atoms with Gasteiger partial charge in [-0.3, -0.25) is 4.68 Å². The van der Waals surface area contributed by atoms with Crippen LogP contribution in [0.1, 0.15) is 20.3 Å². The standard InChI is InChI=1S/C14H28N4O/c1-12(2)8-13(10-17(3)4)15-9-14(19)11-18-7-5-6-16-18/h5-7,12-15,19H,8-11H2,1-4H3. The van der Waals surface area contributed by atoms with Crippen LogP contribution in [-0.2, 0) is 6.54 Å². The number of nitrogens with zero attached hydrogens (tertiary/aromatic N) is 3. The number of aliphatic hydroxyl groups excluding tert-OH is 1. The molecule has 1 aromatic rings. The molecule has 0 saturated carbocycles. The number of aromatic nitrogens is 2. The Balaban J connectivity index is 2.33. The van der Waals surface area contributed by atoms with Crippen molar-refractivity contribution in [3.8, 4) is 0 Å². The fourth-order valence-electron chi connectivity index (χ4n) is 2.22. The van der Waals surface area contributed by atoms with Crippen LogP contribution in [0.2, 0.25) is 0 Å². The number of aliphatic hydroxyl groups is 1. The van der Waals surface area contributed by atoms with E-state index in [1.807, 2.05) is 12.3 Å². The van der Waals surface area contributed by atoms with Crippen LogP contribution in [0.4, 0.5) is 0 Å². The summed E-state index contributed by atoms with van der Waals surface area (Å²) in [5.74, 6) is 0.653. The molecule has 0 aliphatic heterocycles. The zero-order chi connectivity index (χ0) is 14.3. The van der Waals surface area contributed by atoms with Crippen molar-refractivity contribution in [2.75, 3.05) is 27.2 Å². The molecule has 1 aromatic heterocycles. The Morgan fingerprint density at radius 3 is 2.63 bits per heavy atom. The Morgan fingerprint density at radius 1 is 1.37 bits per heavy atom. The second-order valence-electron chi connectivity index (χ2n) is 5.88. The van der Waals surface area contributed by atoms with Crippen molar-refractivity contribution in [1.29, 1.82) is 0 Å². The zero-order valence-electron chi connectivity index (χ0n) is 12.6. The lowest BCUT2D eigenvalue weighted by Gasteiger charge is -2.25. The van der Waals surface area contributed by atoms with Gasteiger partial charge in [-0.2, -0.15) is 5.10 Å². The normalized spacial score (nSPS) is 15.1. The first-order chi connectivity index (χ1) is 8.97. The maximum atomic E-state index is 10.0. The molecule has 1 rings (SSSR count). The Hall–Kier alpha value is -0.910. The largest absolute Gasteiger partial charge is 0.390 e. The van der Waals surface area contributed by atoms with E-state index in [4.69, 9.17) is 0 Å². The molecule has 5 nitrogen and oxygen atoms in total. The molecule has 2 N–H and O–H groups in total. The number of hydrogen-bond acceptors (Lipinski definition) is 4. The summed E-state index contributed by atoms with van der Waals surface area (Å²) < 4.78 is 1.76. The maximum absolute atomic E-state index is 10.0. The Morgan fingerprint density at radius 2 is 2.11 bits per heavy atom. The second kappa shape index (κ2) is 8.30. The van der Waals surface area contributed by atoms with Gasteiger partial charge < -0.3 is 15.3 Å². The van der Waals surface area contributed by atoms with Crippen LogP contribution < -0.4 is 5.32 Å². The van der Waals surface area contributed by atoms with Crippen molar-refractivity contribution in [2.45, 2.75) is 39.0 Å². The molecule has 2 atom stereocenters. The van der Waals surface area contributed by atoms with Crippen molar-refractivity contribution in [1.82, 2.24) is 20.0 Å². The summed E-state index contributed by atoms with van der Waals surface area (Å²) in [6.45, 7) is 6.59. The van der Waals surface area contributed by atoms with E-state index in [0.717, 1.165) is 13.0 Å². The predicted molar refractivity (Wildman–Crippen MR) is 78.0 cm³/mol. The number of rotatable bonds is 9. The first kappa shape index (κ1) is 16.1. The van der Waals surface area contributed by atoms with E-state index in [0.29, 0.717) is 25.0 Å². The highest BCUT2D eigenvalue weighted by Gasteiger charge is 2.14. The van der Waals surface area contributed by atoms with Gasteiger partial charge in [0.05, 0.1) is 12.6 Å². The fourth-order valence-corrected chi connectivity index (χ4v) is 2.22. The highest BCUT2D eigenvalue weighted by molar-refractivity contribution is 4.79. The molecule has 0 bridgehead atoms. The molecule has 1 heterocycles. The van der Waals surface area contributed by atoms with Crippen LogP contribution in [0.5, 0.6) is 0 Å². The third-order valence-electron chi connectivity index (χ3n) is 2.94. The molecule has 0 fully saturated rings. The van der Waals surface area contributed by atoms with E-state index in [-0.39, 0.29) is 0 Å². The summed E-state index contributed by atoms with van der Waals surface area (Å²) in [5.41, 5.74) is 0. The number of hydrogen-bond donors (Lipinski definition) is 2. The molecule has 0 radical (unpaired) electrons. The fraction of sp³-hybridized carbons (Fsp3) is 0.786. The molecule has 5 heteroatoms. The van der Waals surface area contributed by atoms with Crippen LogP contribution in [0, 0.1) is 5.92 Å². The topological polar surface area (TPSA) is 53.3 Å². The van der Waals surface area contributed by atoms with Gasteiger partial charge >= 0.3 is 0 Å². The molecule has 2 unspecified atom stereocenters. The first-order valence-electron chi connectivity index (χ1n) is 7.01. The lowest BCUT2D eigenvalue weighted by Crippen LogP contribution is -2.43. The first-order valence-corrected chi connectivity index (χ1v) is 7.01. The van der Waals surface area contributed by atoms with Crippen molar-refractivity contribution < 1.29 is 5.11 Å². The van der Waals surface area contributed by atoms with E-state index < -0.39 is 6.10 Å². The molecule has 110 valence electrons. The van der Waals surface area contributed by atoms with Gasteiger partial charge in [0.25, 0.3) is 0 Å². The monoisotopic (exact) mass is 268 g/mol.